The van der Waals surface area contributed by atoms with E-state index in [1.165, 1.54) is 22.9 Å². The Morgan fingerprint density at radius 2 is 1.81 bits per heavy atom. The maximum Gasteiger partial charge on any atom is 0.253 e. The lowest BCUT2D eigenvalue weighted by Crippen LogP contribution is -2.27. The number of aromatic nitrogens is 4. The topological polar surface area (TPSA) is 90.6 Å². The maximum absolute atomic E-state index is 12.4. The molecule has 0 spiro atoms. The van der Waals surface area contributed by atoms with Gasteiger partial charge in [-0.2, -0.15) is 4.98 Å². The van der Waals surface area contributed by atoms with E-state index in [2.05, 4.69) is 45.5 Å². The first-order valence-corrected chi connectivity index (χ1v) is 12.8. The van der Waals surface area contributed by atoms with Crippen molar-refractivity contribution in [3.05, 3.63) is 76.1 Å². The first kappa shape index (κ1) is 25.5. The van der Waals surface area contributed by atoms with Crippen molar-refractivity contribution >= 4 is 23.4 Å². The zero-order valence-electron chi connectivity index (χ0n) is 21.3. The van der Waals surface area contributed by atoms with Crippen molar-refractivity contribution in [2.45, 2.75) is 38.8 Å². The monoisotopic (exact) mass is 505 g/mol. The summed E-state index contributed by atoms with van der Waals surface area (Å²) < 4.78 is 12.4. The molecule has 0 radical (unpaired) electrons. The molecule has 2 aromatic carbocycles. The van der Waals surface area contributed by atoms with Crippen LogP contribution in [0.2, 0.25) is 0 Å². The Hall–Kier alpha value is -3.59. The van der Waals surface area contributed by atoms with Gasteiger partial charge in [-0.3, -0.25) is 4.79 Å². The minimum absolute atomic E-state index is 0.0690. The fourth-order valence-electron chi connectivity index (χ4n) is 4.07. The lowest BCUT2D eigenvalue weighted by molar-refractivity contribution is -0.118. The molecule has 0 aliphatic heterocycles. The summed E-state index contributed by atoms with van der Waals surface area (Å²) in [5, 5.41) is 8.10. The van der Waals surface area contributed by atoms with Crippen LogP contribution in [0.5, 0.6) is 11.5 Å². The van der Waals surface area contributed by atoms with Crippen LogP contribution >= 0.6 is 11.8 Å². The number of ether oxygens (including phenoxy) is 2. The molecule has 0 fully saturated rings. The molecule has 1 N–H and O–H groups in total. The van der Waals surface area contributed by atoms with E-state index >= 15 is 0 Å². The van der Waals surface area contributed by atoms with Crippen molar-refractivity contribution in [3.8, 4) is 11.5 Å². The average molecular weight is 506 g/mol. The van der Waals surface area contributed by atoms with E-state index in [-0.39, 0.29) is 11.7 Å². The maximum atomic E-state index is 12.4. The molecule has 0 aliphatic carbocycles. The Morgan fingerprint density at radius 1 is 1.03 bits per heavy atom. The van der Waals surface area contributed by atoms with Gasteiger partial charge in [-0.1, -0.05) is 42.1 Å². The molecule has 4 rings (SSSR count). The molecule has 1 amide bonds. The summed E-state index contributed by atoms with van der Waals surface area (Å²) in [4.78, 5) is 21.6. The summed E-state index contributed by atoms with van der Waals surface area (Å²) in [6.07, 6.45) is 1.48. The highest BCUT2D eigenvalue weighted by atomic mass is 32.2. The summed E-state index contributed by atoms with van der Waals surface area (Å²) in [6, 6.07) is 14.1. The number of thioether (sulfide) groups is 1. The van der Waals surface area contributed by atoms with E-state index in [4.69, 9.17) is 9.47 Å². The van der Waals surface area contributed by atoms with Gasteiger partial charge in [-0.25, -0.2) is 9.50 Å². The number of benzene rings is 2. The minimum atomic E-state index is -0.0690. The van der Waals surface area contributed by atoms with Crippen LogP contribution in [0.1, 0.15) is 33.6 Å². The summed E-state index contributed by atoms with van der Waals surface area (Å²) in [7, 11) is 3.22. The zero-order valence-corrected chi connectivity index (χ0v) is 22.1. The smallest absolute Gasteiger partial charge is 0.253 e. The SMILES string of the molecule is COc1ccc(CCNC(=O)CSc2nc3nc(C)c(Cc4ccccc4C)c(C)n3n2)cc1OC. The van der Waals surface area contributed by atoms with E-state index in [1.54, 1.807) is 18.7 Å². The fourth-order valence-corrected chi connectivity index (χ4v) is 4.72. The molecule has 4 aromatic rings. The highest BCUT2D eigenvalue weighted by molar-refractivity contribution is 7.99. The Kier molecular flexibility index (Phi) is 8.10. The third-order valence-corrected chi connectivity index (χ3v) is 7.01. The predicted octanol–water partition coefficient (Wildman–Crippen LogP) is 4.11. The number of nitrogens with zero attached hydrogens (tertiary/aromatic N) is 4. The summed E-state index contributed by atoms with van der Waals surface area (Å²) in [5.74, 6) is 2.08. The van der Waals surface area contributed by atoms with Crippen LogP contribution in [-0.4, -0.2) is 52.0 Å². The summed E-state index contributed by atoms with van der Waals surface area (Å²) in [6.45, 7) is 6.69. The van der Waals surface area contributed by atoms with Crippen molar-refractivity contribution in [3.63, 3.8) is 0 Å². The number of hydrogen-bond donors (Lipinski definition) is 1. The second-order valence-corrected chi connectivity index (χ2v) is 9.49. The fraction of sp³-hybridized carbons (Fsp3) is 0.333. The molecule has 0 saturated carbocycles. The molecule has 8 nitrogen and oxygen atoms in total. The molecule has 0 atom stereocenters. The van der Waals surface area contributed by atoms with Gasteiger partial charge in [0.05, 0.1) is 20.0 Å². The normalized spacial score (nSPS) is 11.0. The van der Waals surface area contributed by atoms with Crippen LogP contribution in [0.15, 0.2) is 47.6 Å². The Balaban J connectivity index is 1.36. The number of fused-ring (bicyclic) bond motifs is 1. The predicted molar refractivity (Wildman–Crippen MR) is 141 cm³/mol. The van der Waals surface area contributed by atoms with Crippen LogP contribution in [-0.2, 0) is 17.6 Å². The van der Waals surface area contributed by atoms with Crippen LogP contribution in [0.25, 0.3) is 5.78 Å². The molecule has 0 unspecified atom stereocenters. The number of hydrogen-bond acceptors (Lipinski definition) is 7. The van der Waals surface area contributed by atoms with E-state index in [0.717, 1.165) is 28.9 Å². The molecule has 2 aromatic heterocycles. The van der Waals surface area contributed by atoms with Crippen LogP contribution in [0.3, 0.4) is 0 Å². The lowest BCUT2D eigenvalue weighted by Gasteiger charge is -2.12. The zero-order chi connectivity index (χ0) is 25.7. The Labute approximate surface area is 215 Å². The Morgan fingerprint density at radius 3 is 2.56 bits per heavy atom. The summed E-state index contributed by atoms with van der Waals surface area (Å²) in [5.41, 5.74) is 6.68. The molecule has 9 heteroatoms. The van der Waals surface area contributed by atoms with Crippen LogP contribution in [0.4, 0.5) is 0 Å². The molecular formula is C27H31N5O3S. The largest absolute Gasteiger partial charge is 0.493 e. The van der Waals surface area contributed by atoms with Crippen LogP contribution in [0, 0.1) is 20.8 Å². The highest BCUT2D eigenvalue weighted by Crippen LogP contribution is 2.27. The quantitative estimate of drug-likeness (QED) is 0.324. The highest BCUT2D eigenvalue weighted by Gasteiger charge is 2.16. The van der Waals surface area contributed by atoms with Gasteiger partial charge in [0, 0.05) is 24.4 Å². The van der Waals surface area contributed by atoms with E-state index < -0.39 is 0 Å². The second-order valence-electron chi connectivity index (χ2n) is 8.55. The number of carbonyl (C=O) groups is 1. The molecular weight excluding hydrogens is 474 g/mol. The average Bonchev–Trinajstić information content (AvgIpc) is 3.29. The number of amides is 1. The van der Waals surface area contributed by atoms with Gasteiger partial charge in [0.2, 0.25) is 11.1 Å². The first-order valence-electron chi connectivity index (χ1n) is 11.8. The van der Waals surface area contributed by atoms with Gasteiger partial charge in [0.25, 0.3) is 5.78 Å². The van der Waals surface area contributed by atoms with Crippen LogP contribution < -0.4 is 14.8 Å². The third kappa shape index (κ3) is 5.79. The molecule has 188 valence electrons. The van der Waals surface area contributed by atoms with Gasteiger partial charge in [-0.15, -0.1) is 5.10 Å². The van der Waals surface area contributed by atoms with Crippen molar-refractivity contribution < 1.29 is 14.3 Å². The third-order valence-electron chi connectivity index (χ3n) is 6.17. The molecule has 0 aliphatic rings. The van der Waals surface area contributed by atoms with Gasteiger partial charge >= 0.3 is 0 Å². The first-order chi connectivity index (χ1) is 17.4. The number of rotatable bonds is 10. The van der Waals surface area contributed by atoms with Gasteiger partial charge < -0.3 is 14.8 Å². The molecule has 0 saturated heterocycles. The number of aryl methyl sites for hydroxylation is 3. The number of methoxy groups -OCH3 is 2. The second kappa shape index (κ2) is 11.4. The van der Waals surface area contributed by atoms with Crippen molar-refractivity contribution in [1.29, 1.82) is 0 Å². The summed E-state index contributed by atoms with van der Waals surface area (Å²) >= 11 is 1.31. The molecule has 36 heavy (non-hydrogen) atoms. The number of carbonyl (C=O) groups excluding carboxylic acids is 1. The minimum Gasteiger partial charge on any atom is -0.493 e. The van der Waals surface area contributed by atoms with E-state index in [9.17, 15) is 4.79 Å². The van der Waals surface area contributed by atoms with Crippen molar-refractivity contribution in [1.82, 2.24) is 24.9 Å². The number of nitrogens with one attached hydrogen (secondary N) is 1. The Bertz CT molecular complexity index is 1390. The van der Waals surface area contributed by atoms with E-state index in [1.807, 2.05) is 38.1 Å². The van der Waals surface area contributed by atoms with Crippen molar-refractivity contribution in [2.24, 2.45) is 0 Å². The molecule has 2 heterocycles. The van der Waals surface area contributed by atoms with E-state index in [0.29, 0.717) is 35.4 Å². The van der Waals surface area contributed by atoms with Gasteiger partial charge in [-0.05, 0) is 61.6 Å². The standard InChI is InChI=1S/C27H31N5O3S/c1-17-8-6-7-9-21(17)15-22-18(2)29-26-30-27(31-32(26)19(22)3)36-16-25(33)28-13-12-20-10-11-23(34-4)24(14-20)35-5/h6-11,14H,12-13,15-16H2,1-5H3,(H,28,33). The van der Waals surface area contributed by atoms with Gasteiger partial charge in [0.1, 0.15) is 0 Å². The van der Waals surface area contributed by atoms with Gasteiger partial charge in [0.15, 0.2) is 11.5 Å². The molecule has 0 bridgehead atoms. The van der Waals surface area contributed by atoms with Crippen molar-refractivity contribution in [2.75, 3.05) is 26.5 Å². The lowest BCUT2D eigenvalue weighted by atomic mass is 9.99.